The molecular weight excluding hydrogens is 308 g/mol. The molecule has 0 amide bonds. The van der Waals surface area contributed by atoms with Crippen LogP contribution in [0.3, 0.4) is 0 Å². The van der Waals surface area contributed by atoms with Gasteiger partial charge in [-0.3, -0.25) is 9.59 Å². The van der Waals surface area contributed by atoms with Crippen LogP contribution in [0, 0.1) is 22.7 Å². The molecule has 136 valence electrons. The van der Waals surface area contributed by atoms with Crippen LogP contribution in [0.5, 0.6) is 0 Å². The van der Waals surface area contributed by atoms with Gasteiger partial charge in [0.15, 0.2) is 6.10 Å². The van der Waals surface area contributed by atoms with E-state index in [2.05, 4.69) is 32.9 Å². The van der Waals surface area contributed by atoms with E-state index in [0.29, 0.717) is 0 Å². The zero-order valence-corrected chi connectivity index (χ0v) is 15.2. The number of allylic oxidation sites excluding steroid dienone is 2. The molecule has 1 fully saturated rings. The van der Waals surface area contributed by atoms with Crippen LogP contribution < -0.4 is 0 Å². The lowest BCUT2D eigenvalue weighted by molar-refractivity contribution is -0.174. The summed E-state index contributed by atoms with van der Waals surface area (Å²) in [5.41, 5.74) is -0.125. The number of carbonyl (C=O) groups is 2. The largest absolute Gasteiger partial charge is 0.461 e. The number of aliphatic hydroxyl groups excluding tert-OH is 1. The summed E-state index contributed by atoms with van der Waals surface area (Å²) in [4.78, 5) is 23.9. The Hall–Kier alpha value is -1.36. The van der Waals surface area contributed by atoms with Crippen molar-refractivity contribution in [3.63, 3.8) is 0 Å². The number of fused-ring (bicyclic) bond motifs is 1. The van der Waals surface area contributed by atoms with Crippen molar-refractivity contribution in [2.24, 2.45) is 22.7 Å². The molecular formula is C19H30O5. The number of rotatable bonds is 5. The highest BCUT2D eigenvalue weighted by molar-refractivity contribution is 5.74. The maximum Gasteiger partial charge on any atom is 0.309 e. The zero-order chi connectivity index (χ0) is 18.0. The number of aliphatic hydroxyl groups is 1. The maximum atomic E-state index is 12.8. The summed E-state index contributed by atoms with van der Waals surface area (Å²) in [6, 6.07) is 0. The Bertz CT molecular complexity index is 514. The first-order valence-electron chi connectivity index (χ1n) is 8.86. The zero-order valence-electron chi connectivity index (χ0n) is 15.2. The normalized spacial score (nSPS) is 36.5. The number of hydrogen-bond donors (Lipinski definition) is 1. The van der Waals surface area contributed by atoms with Gasteiger partial charge in [0.2, 0.25) is 0 Å². The van der Waals surface area contributed by atoms with Crippen molar-refractivity contribution in [2.75, 3.05) is 13.2 Å². The summed E-state index contributed by atoms with van der Waals surface area (Å²) in [7, 11) is 0. The van der Waals surface area contributed by atoms with Crippen molar-refractivity contribution in [3.8, 4) is 0 Å². The monoisotopic (exact) mass is 338 g/mol. The van der Waals surface area contributed by atoms with E-state index in [-0.39, 0.29) is 41.8 Å². The summed E-state index contributed by atoms with van der Waals surface area (Å²) in [5, 5.41) is 9.25. The Labute approximate surface area is 144 Å². The van der Waals surface area contributed by atoms with Gasteiger partial charge >= 0.3 is 11.9 Å². The van der Waals surface area contributed by atoms with Crippen LogP contribution in [-0.4, -0.2) is 36.4 Å². The van der Waals surface area contributed by atoms with Crippen molar-refractivity contribution in [3.05, 3.63) is 12.2 Å². The predicted molar refractivity (Wildman–Crippen MR) is 90.1 cm³/mol. The minimum Gasteiger partial charge on any atom is -0.461 e. The number of ether oxygens (including phenoxy) is 2. The molecule has 0 saturated heterocycles. The van der Waals surface area contributed by atoms with E-state index >= 15 is 0 Å². The molecule has 2 aliphatic carbocycles. The standard InChI is InChI=1S/C19H30O5/c1-13-7-10-18(3)8-5-6-9-19(18,4)16(13)17(22)23-12-15(11-20)24-14(2)21/h5,8,13,15-16,20H,6-7,9-12H2,1-4H3/t13-,15+,16-,18+,19-/m1/s1. The van der Waals surface area contributed by atoms with E-state index in [4.69, 9.17) is 9.47 Å². The van der Waals surface area contributed by atoms with Crippen LogP contribution in [-0.2, 0) is 19.1 Å². The van der Waals surface area contributed by atoms with E-state index in [1.165, 1.54) is 6.92 Å². The van der Waals surface area contributed by atoms with Crippen LogP contribution >= 0.6 is 0 Å². The van der Waals surface area contributed by atoms with Crippen molar-refractivity contribution >= 4 is 11.9 Å². The molecule has 0 radical (unpaired) electrons. The van der Waals surface area contributed by atoms with Crippen molar-refractivity contribution in [1.29, 1.82) is 0 Å². The van der Waals surface area contributed by atoms with Gasteiger partial charge in [-0.1, -0.05) is 32.9 Å². The Kier molecular flexibility index (Phi) is 5.74. The number of carbonyl (C=O) groups excluding carboxylic acids is 2. The number of esters is 2. The first-order chi connectivity index (χ1) is 11.2. The van der Waals surface area contributed by atoms with Crippen molar-refractivity contribution < 1.29 is 24.2 Å². The summed E-state index contributed by atoms with van der Waals surface area (Å²) < 4.78 is 10.4. The highest BCUT2D eigenvalue weighted by Crippen LogP contribution is 2.60. The SMILES string of the molecule is CC(=O)O[C@@H](CO)COC(=O)[C@H]1[C@H](C)CC[C@]2(C)C=CCC[C@]12C. The second kappa shape index (κ2) is 7.26. The van der Waals surface area contributed by atoms with Gasteiger partial charge in [0.1, 0.15) is 6.61 Å². The fraction of sp³-hybridized carbons (Fsp3) is 0.789. The summed E-state index contributed by atoms with van der Waals surface area (Å²) >= 11 is 0. The molecule has 0 heterocycles. The van der Waals surface area contributed by atoms with Gasteiger partial charge in [-0.2, -0.15) is 0 Å². The first kappa shape index (κ1) is 19.0. The van der Waals surface area contributed by atoms with E-state index in [1.807, 2.05) is 0 Å². The van der Waals surface area contributed by atoms with E-state index in [9.17, 15) is 14.7 Å². The van der Waals surface area contributed by atoms with Gasteiger partial charge in [0.05, 0.1) is 12.5 Å². The van der Waals surface area contributed by atoms with Gasteiger partial charge in [-0.05, 0) is 42.4 Å². The van der Waals surface area contributed by atoms with Gasteiger partial charge in [-0.15, -0.1) is 0 Å². The average molecular weight is 338 g/mol. The Morgan fingerprint density at radius 2 is 2.04 bits per heavy atom. The first-order valence-corrected chi connectivity index (χ1v) is 8.86. The molecule has 0 aromatic heterocycles. The summed E-state index contributed by atoms with van der Waals surface area (Å²) in [6.07, 6.45) is 7.73. The minimum atomic E-state index is -0.796. The molecule has 2 rings (SSSR count). The molecule has 24 heavy (non-hydrogen) atoms. The van der Waals surface area contributed by atoms with Crippen LogP contribution in [0.25, 0.3) is 0 Å². The molecule has 5 atom stereocenters. The third kappa shape index (κ3) is 3.51. The quantitative estimate of drug-likeness (QED) is 0.616. The molecule has 1 saturated carbocycles. The Morgan fingerprint density at radius 3 is 2.67 bits per heavy atom. The maximum absolute atomic E-state index is 12.8. The van der Waals surface area contributed by atoms with Crippen LogP contribution in [0.15, 0.2) is 12.2 Å². The lowest BCUT2D eigenvalue weighted by Crippen LogP contribution is -2.53. The third-order valence-corrected chi connectivity index (χ3v) is 6.20. The average Bonchev–Trinajstić information content (AvgIpc) is 2.52. The molecule has 2 aliphatic rings. The van der Waals surface area contributed by atoms with Gasteiger partial charge in [0, 0.05) is 6.92 Å². The second-order valence-electron chi connectivity index (χ2n) is 7.81. The minimum absolute atomic E-state index is 0.00765. The summed E-state index contributed by atoms with van der Waals surface area (Å²) in [5.74, 6) is -0.661. The smallest absolute Gasteiger partial charge is 0.309 e. The Morgan fingerprint density at radius 1 is 1.33 bits per heavy atom. The highest BCUT2D eigenvalue weighted by atomic mass is 16.6. The topological polar surface area (TPSA) is 72.8 Å². The van der Waals surface area contributed by atoms with E-state index in [1.54, 1.807) is 0 Å². The van der Waals surface area contributed by atoms with Gasteiger partial charge < -0.3 is 14.6 Å². The fourth-order valence-corrected chi connectivity index (χ4v) is 4.52. The molecule has 0 unspecified atom stereocenters. The third-order valence-electron chi connectivity index (χ3n) is 6.20. The molecule has 0 bridgehead atoms. The van der Waals surface area contributed by atoms with Gasteiger partial charge in [-0.25, -0.2) is 0 Å². The summed E-state index contributed by atoms with van der Waals surface area (Å²) in [6.45, 7) is 7.38. The molecule has 5 nitrogen and oxygen atoms in total. The van der Waals surface area contributed by atoms with E-state index < -0.39 is 12.1 Å². The highest BCUT2D eigenvalue weighted by Gasteiger charge is 2.56. The second-order valence-corrected chi connectivity index (χ2v) is 7.81. The molecule has 0 aromatic rings. The lowest BCUT2D eigenvalue weighted by atomic mass is 9.47. The molecule has 0 aromatic carbocycles. The van der Waals surface area contributed by atoms with Crippen molar-refractivity contribution in [2.45, 2.75) is 59.5 Å². The predicted octanol–water partition coefficient (Wildman–Crippen LogP) is 2.86. The van der Waals surface area contributed by atoms with Crippen LogP contribution in [0.1, 0.15) is 53.4 Å². The molecule has 5 heteroatoms. The van der Waals surface area contributed by atoms with Crippen LogP contribution in [0.4, 0.5) is 0 Å². The Balaban J connectivity index is 2.11. The van der Waals surface area contributed by atoms with Crippen LogP contribution in [0.2, 0.25) is 0 Å². The van der Waals surface area contributed by atoms with Crippen molar-refractivity contribution in [1.82, 2.24) is 0 Å². The fourth-order valence-electron chi connectivity index (χ4n) is 4.52. The molecule has 0 aliphatic heterocycles. The lowest BCUT2D eigenvalue weighted by Gasteiger charge is -2.56. The number of hydrogen-bond acceptors (Lipinski definition) is 5. The molecule has 0 spiro atoms. The molecule has 1 N–H and O–H groups in total. The van der Waals surface area contributed by atoms with Gasteiger partial charge in [0.25, 0.3) is 0 Å². The van der Waals surface area contributed by atoms with E-state index in [0.717, 1.165) is 25.7 Å².